The molecule has 8 rings (SSSR count). The molecule has 0 atom stereocenters. The van der Waals surface area contributed by atoms with E-state index in [2.05, 4.69) is 80.9 Å². The number of halogens is 1. The van der Waals surface area contributed by atoms with Crippen LogP contribution in [0.4, 0.5) is 5.69 Å². The molecule has 1 saturated heterocycles. The number of nitrogens with zero attached hydrogens (tertiary/aromatic N) is 5. The van der Waals surface area contributed by atoms with Crippen molar-refractivity contribution < 1.29 is 8.42 Å². The van der Waals surface area contributed by atoms with Crippen molar-refractivity contribution in [3.8, 4) is 23.1 Å². The Morgan fingerprint density at radius 3 is 2.19 bits per heavy atom. The standard InChI is InChI=1S/C35H39ClN6O2S.C9H10/c1-45(43,44)41-19-16-34-32(26-41)35(30-14-15-33(36)29(24-30)13-12-27-8-10-28(25-37)11-9-27)38-42(34)18-5-17-39-20-22-40(23-21-39)31-6-3-2-4-7-31;1-2-5-9-7-3-6-8(9)4-1/h2-4,6-11,14-15,24H,5,16-23,25-26,37H2,1H3;1-2,4-5H,3,6-7H2. The quantitative estimate of drug-likeness (QED) is 0.176. The van der Waals surface area contributed by atoms with Crippen LogP contribution < -0.4 is 10.6 Å². The first-order valence-corrected chi connectivity index (χ1v) is 21.2. The fraction of sp³-hybridized carbons (Fsp3) is 0.341. The van der Waals surface area contributed by atoms with Crippen LogP contribution in [0.5, 0.6) is 0 Å². The van der Waals surface area contributed by atoms with Gasteiger partial charge < -0.3 is 10.6 Å². The summed E-state index contributed by atoms with van der Waals surface area (Å²) < 4.78 is 28.7. The molecule has 54 heavy (non-hydrogen) atoms. The van der Waals surface area contributed by atoms with Gasteiger partial charge in [-0.3, -0.25) is 9.58 Å². The maximum absolute atomic E-state index is 12.5. The highest BCUT2D eigenvalue weighted by molar-refractivity contribution is 7.88. The van der Waals surface area contributed by atoms with Crippen LogP contribution >= 0.6 is 11.6 Å². The first kappa shape index (κ1) is 37.9. The number of rotatable bonds is 8. The minimum Gasteiger partial charge on any atom is -0.369 e. The number of hydrogen-bond acceptors (Lipinski definition) is 6. The maximum Gasteiger partial charge on any atom is 0.211 e. The van der Waals surface area contributed by atoms with Gasteiger partial charge in [-0.2, -0.15) is 9.40 Å². The topological polar surface area (TPSA) is 87.7 Å². The Labute approximate surface area is 325 Å². The number of anilines is 1. The van der Waals surface area contributed by atoms with Gasteiger partial charge in [0.15, 0.2) is 0 Å². The molecular formula is C44H49ClN6O2S. The molecule has 5 aromatic rings. The van der Waals surface area contributed by atoms with E-state index >= 15 is 0 Å². The van der Waals surface area contributed by atoms with Crippen LogP contribution in [0.2, 0.25) is 5.02 Å². The Balaban J connectivity index is 0.000000433. The first-order valence-electron chi connectivity index (χ1n) is 19.0. The zero-order chi connectivity index (χ0) is 37.5. The fourth-order valence-corrected chi connectivity index (χ4v) is 8.58. The van der Waals surface area contributed by atoms with Crippen LogP contribution in [0, 0.1) is 11.8 Å². The highest BCUT2D eigenvalue weighted by Crippen LogP contribution is 2.33. The van der Waals surface area contributed by atoms with E-state index in [1.54, 1.807) is 15.4 Å². The summed E-state index contributed by atoms with van der Waals surface area (Å²) in [6.45, 7) is 7.13. The molecule has 280 valence electrons. The molecule has 3 aliphatic rings. The van der Waals surface area contributed by atoms with Gasteiger partial charge in [0.05, 0.1) is 17.0 Å². The predicted molar refractivity (Wildman–Crippen MR) is 220 cm³/mol. The Morgan fingerprint density at radius 2 is 1.50 bits per heavy atom. The summed E-state index contributed by atoms with van der Waals surface area (Å²) in [6, 6.07) is 32.9. The summed E-state index contributed by atoms with van der Waals surface area (Å²) in [6.07, 6.45) is 6.83. The molecule has 0 radical (unpaired) electrons. The van der Waals surface area contributed by atoms with Crippen LogP contribution in [0.3, 0.4) is 0 Å². The second kappa shape index (κ2) is 17.4. The molecule has 0 amide bonds. The van der Waals surface area contributed by atoms with Gasteiger partial charge >= 0.3 is 0 Å². The predicted octanol–water partition coefficient (Wildman–Crippen LogP) is 6.77. The molecule has 3 heterocycles. The van der Waals surface area contributed by atoms with E-state index < -0.39 is 10.0 Å². The molecule has 1 aliphatic carbocycles. The number of nitrogens with two attached hydrogens (primary N) is 1. The minimum absolute atomic E-state index is 0.308. The average molecular weight is 761 g/mol. The number of hydrogen-bond donors (Lipinski definition) is 1. The Bertz CT molecular complexity index is 2200. The maximum atomic E-state index is 12.5. The van der Waals surface area contributed by atoms with E-state index in [1.165, 1.54) is 31.2 Å². The molecule has 0 saturated carbocycles. The third kappa shape index (κ3) is 9.26. The van der Waals surface area contributed by atoms with E-state index in [-0.39, 0.29) is 0 Å². The summed E-state index contributed by atoms with van der Waals surface area (Å²) in [4.78, 5) is 4.97. The Hall–Kier alpha value is -4.43. The van der Waals surface area contributed by atoms with Gasteiger partial charge in [0.25, 0.3) is 0 Å². The Kier molecular flexibility index (Phi) is 12.2. The van der Waals surface area contributed by atoms with Crippen LogP contribution in [-0.2, 0) is 48.9 Å². The summed E-state index contributed by atoms with van der Waals surface area (Å²) >= 11 is 6.58. The van der Waals surface area contributed by atoms with Gasteiger partial charge in [0.2, 0.25) is 10.0 Å². The van der Waals surface area contributed by atoms with Crippen LogP contribution in [0.1, 0.15) is 51.9 Å². The minimum atomic E-state index is -3.34. The van der Waals surface area contributed by atoms with Crippen molar-refractivity contribution in [1.29, 1.82) is 0 Å². The number of para-hydroxylation sites is 1. The van der Waals surface area contributed by atoms with Crippen molar-refractivity contribution in [2.75, 3.05) is 50.4 Å². The second-order valence-corrected chi connectivity index (χ2v) is 16.7. The number of fused-ring (bicyclic) bond motifs is 2. The third-order valence-corrected chi connectivity index (χ3v) is 12.3. The summed E-state index contributed by atoms with van der Waals surface area (Å²) in [7, 11) is -3.34. The monoisotopic (exact) mass is 760 g/mol. The number of piperazine rings is 1. The summed E-state index contributed by atoms with van der Waals surface area (Å²) in [5.74, 6) is 6.42. The van der Waals surface area contributed by atoms with Crippen molar-refractivity contribution in [1.82, 2.24) is 19.0 Å². The van der Waals surface area contributed by atoms with Crippen molar-refractivity contribution in [2.45, 2.75) is 51.7 Å². The highest BCUT2D eigenvalue weighted by Gasteiger charge is 2.30. The van der Waals surface area contributed by atoms with Crippen molar-refractivity contribution in [3.63, 3.8) is 0 Å². The van der Waals surface area contributed by atoms with Crippen LogP contribution in [-0.4, -0.2) is 72.9 Å². The lowest BCUT2D eigenvalue weighted by Crippen LogP contribution is -2.46. The second-order valence-electron chi connectivity index (χ2n) is 14.3. The van der Waals surface area contributed by atoms with Crippen LogP contribution in [0.25, 0.3) is 11.3 Å². The largest absolute Gasteiger partial charge is 0.369 e. The molecule has 4 aromatic carbocycles. The molecule has 10 heteroatoms. The van der Waals surface area contributed by atoms with Gasteiger partial charge in [-0.1, -0.05) is 84.1 Å². The molecule has 1 fully saturated rings. The van der Waals surface area contributed by atoms with E-state index in [0.29, 0.717) is 36.6 Å². The molecule has 0 spiro atoms. The van der Waals surface area contributed by atoms with Gasteiger partial charge in [-0.05, 0) is 78.8 Å². The van der Waals surface area contributed by atoms with E-state index in [1.807, 2.05) is 42.5 Å². The number of aromatic nitrogens is 2. The third-order valence-electron chi connectivity index (χ3n) is 10.7. The van der Waals surface area contributed by atoms with Gasteiger partial charge in [0.1, 0.15) is 0 Å². The lowest BCUT2D eigenvalue weighted by Gasteiger charge is -2.36. The van der Waals surface area contributed by atoms with E-state index in [0.717, 1.165) is 79.3 Å². The SMILES string of the molecule is CS(=O)(=O)N1CCc2c(c(-c3ccc(Cl)c(C#Cc4ccc(CN)cc4)c3)nn2CCCN2CCN(c3ccccc3)CC2)C1.c1ccc2c(c1)CCC2. The number of sulfonamides is 1. The van der Waals surface area contributed by atoms with Crippen molar-refractivity contribution >= 4 is 27.3 Å². The molecule has 0 unspecified atom stereocenters. The smallest absolute Gasteiger partial charge is 0.211 e. The van der Waals surface area contributed by atoms with E-state index in [9.17, 15) is 8.42 Å². The van der Waals surface area contributed by atoms with Gasteiger partial charge in [-0.25, -0.2) is 8.42 Å². The molecule has 2 aliphatic heterocycles. The number of aryl methyl sites for hydroxylation is 3. The summed E-state index contributed by atoms with van der Waals surface area (Å²) in [5, 5.41) is 5.64. The lowest BCUT2D eigenvalue weighted by molar-refractivity contribution is 0.248. The van der Waals surface area contributed by atoms with Crippen molar-refractivity contribution in [3.05, 3.63) is 141 Å². The summed E-state index contributed by atoms with van der Waals surface area (Å²) in [5.41, 5.74) is 16.5. The van der Waals surface area contributed by atoms with Crippen LogP contribution in [0.15, 0.2) is 97.1 Å². The fourth-order valence-electron chi connectivity index (χ4n) is 7.63. The first-order chi connectivity index (χ1) is 26.2. The zero-order valence-corrected chi connectivity index (χ0v) is 32.6. The molecule has 1 aromatic heterocycles. The highest BCUT2D eigenvalue weighted by atomic mass is 35.5. The van der Waals surface area contributed by atoms with E-state index in [4.69, 9.17) is 22.4 Å². The molecular weight excluding hydrogens is 712 g/mol. The molecule has 0 bridgehead atoms. The molecule has 8 nitrogen and oxygen atoms in total. The number of benzene rings is 4. The Morgan fingerprint density at radius 1 is 0.796 bits per heavy atom. The van der Waals surface area contributed by atoms with Gasteiger partial charge in [0, 0.05) is 99.0 Å². The molecule has 2 N–H and O–H groups in total. The zero-order valence-electron chi connectivity index (χ0n) is 31.1. The average Bonchev–Trinajstić information content (AvgIpc) is 3.83. The lowest BCUT2D eigenvalue weighted by atomic mass is 10.0. The van der Waals surface area contributed by atoms with Gasteiger partial charge in [-0.15, -0.1) is 0 Å². The van der Waals surface area contributed by atoms with Crippen molar-refractivity contribution in [2.24, 2.45) is 5.73 Å². The normalized spacial score (nSPS) is 15.8.